The van der Waals surface area contributed by atoms with E-state index in [-0.39, 0.29) is 18.6 Å². The van der Waals surface area contributed by atoms with Crippen molar-refractivity contribution in [2.45, 2.75) is 38.8 Å². The van der Waals surface area contributed by atoms with E-state index in [1.54, 1.807) is 0 Å². The van der Waals surface area contributed by atoms with Crippen LogP contribution in [0.25, 0.3) is 0 Å². The van der Waals surface area contributed by atoms with Crippen LogP contribution in [0.1, 0.15) is 26.7 Å². The van der Waals surface area contributed by atoms with Gasteiger partial charge in [-0.2, -0.15) is 0 Å². The molecule has 1 saturated heterocycles. The standard InChI is InChI=1S/C10H17NO4/c1-7(2)15-6-9(12)11-5-3-4-8(11)10(13)14/h7-8H,3-6H2,1-2H3,(H,13,14)/t8-/m0/s1. The molecular formula is C10H17NO4. The minimum atomic E-state index is -0.926. The van der Waals surface area contributed by atoms with Crippen LogP contribution < -0.4 is 0 Å². The molecule has 0 radical (unpaired) electrons. The van der Waals surface area contributed by atoms with Crippen molar-refractivity contribution in [2.24, 2.45) is 0 Å². The van der Waals surface area contributed by atoms with Crippen LogP contribution in [-0.4, -0.2) is 47.2 Å². The largest absolute Gasteiger partial charge is 0.480 e. The van der Waals surface area contributed by atoms with E-state index in [9.17, 15) is 9.59 Å². The van der Waals surface area contributed by atoms with Crippen LogP contribution in [0.3, 0.4) is 0 Å². The maximum atomic E-state index is 11.6. The van der Waals surface area contributed by atoms with Crippen LogP contribution >= 0.6 is 0 Å². The molecule has 0 aromatic carbocycles. The summed E-state index contributed by atoms with van der Waals surface area (Å²) in [5.74, 6) is -1.15. The number of aliphatic carboxylic acids is 1. The van der Waals surface area contributed by atoms with Gasteiger partial charge >= 0.3 is 5.97 Å². The molecule has 1 rings (SSSR count). The van der Waals surface area contributed by atoms with Crippen molar-refractivity contribution in [3.63, 3.8) is 0 Å². The average molecular weight is 215 g/mol. The first-order valence-corrected chi connectivity index (χ1v) is 5.16. The second-order valence-corrected chi connectivity index (χ2v) is 3.94. The lowest BCUT2D eigenvalue weighted by atomic mass is 10.2. The number of rotatable bonds is 4. The molecule has 0 aromatic heterocycles. The monoisotopic (exact) mass is 215 g/mol. The number of carbonyl (C=O) groups is 2. The molecule has 0 saturated carbocycles. The molecule has 5 heteroatoms. The smallest absolute Gasteiger partial charge is 0.326 e. The van der Waals surface area contributed by atoms with Crippen LogP contribution in [0, 0.1) is 0 Å². The average Bonchev–Trinajstić information content (AvgIpc) is 2.62. The molecule has 0 unspecified atom stereocenters. The van der Waals surface area contributed by atoms with E-state index in [0.29, 0.717) is 13.0 Å². The van der Waals surface area contributed by atoms with Gasteiger partial charge in [0.25, 0.3) is 0 Å². The highest BCUT2D eigenvalue weighted by Gasteiger charge is 2.33. The fraction of sp³-hybridized carbons (Fsp3) is 0.800. The van der Waals surface area contributed by atoms with Crippen molar-refractivity contribution >= 4 is 11.9 Å². The van der Waals surface area contributed by atoms with Gasteiger partial charge in [0, 0.05) is 6.54 Å². The number of carboxylic acids is 1. The second-order valence-electron chi connectivity index (χ2n) is 3.94. The highest BCUT2D eigenvalue weighted by molar-refractivity contribution is 5.84. The Bertz CT molecular complexity index is 252. The molecule has 0 aromatic rings. The number of nitrogens with zero attached hydrogens (tertiary/aromatic N) is 1. The Balaban J connectivity index is 2.47. The Morgan fingerprint density at radius 3 is 2.73 bits per heavy atom. The number of hydrogen-bond acceptors (Lipinski definition) is 3. The van der Waals surface area contributed by atoms with Gasteiger partial charge in [-0.3, -0.25) is 4.79 Å². The Morgan fingerprint density at radius 2 is 2.20 bits per heavy atom. The summed E-state index contributed by atoms with van der Waals surface area (Å²) in [6, 6.07) is -0.659. The summed E-state index contributed by atoms with van der Waals surface area (Å²) in [4.78, 5) is 23.8. The van der Waals surface area contributed by atoms with Crippen molar-refractivity contribution < 1.29 is 19.4 Å². The molecule has 1 fully saturated rings. The Kier molecular flexibility index (Phi) is 4.08. The molecule has 1 amide bonds. The van der Waals surface area contributed by atoms with Crippen molar-refractivity contribution in [3.05, 3.63) is 0 Å². The summed E-state index contributed by atoms with van der Waals surface area (Å²) < 4.78 is 5.16. The van der Waals surface area contributed by atoms with E-state index in [1.165, 1.54) is 4.90 Å². The normalized spacial score (nSPS) is 21.0. The predicted molar refractivity (Wildman–Crippen MR) is 53.5 cm³/mol. The van der Waals surface area contributed by atoms with Gasteiger partial charge in [-0.15, -0.1) is 0 Å². The zero-order valence-electron chi connectivity index (χ0n) is 9.10. The Morgan fingerprint density at radius 1 is 1.53 bits per heavy atom. The van der Waals surface area contributed by atoms with Crippen LogP contribution in [0.5, 0.6) is 0 Å². The zero-order valence-corrected chi connectivity index (χ0v) is 9.10. The van der Waals surface area contributed by atoms with Gasteiger partial charge in [0.15, 0.2) is 0 Å². The molecule has 5 nitrogen and oxygen atoms in total. The third kappa shape index (κ3) is 3.20. The van der Waals surface area contributed by atoms with Crippen molar-refractivity contribution in [3.8, 4) is 0 Å². The summed E-state index contributed by atoms with van der Waals surface area (Å²) >= 11 is 0. The highest BCUT2D eigenvalue weighted by Crippen LogP contribution is 2.17. The molecule has 1 aliphatic rings. The van der Waals surface area contributed by atoms with Crippen LogP contribution in [0.4, 0.5) is 0 Å². The van der Waals surface area contributed by atoms with Gasteiger partial charge in [0.2, 0.25) is 5.91 Å². The molecular weight excluding hydrogens is 198 g/mol. The van der Waals surface area contributed by atoms with Gasteiger partial charge < -0.3 is 14.7 Å². The zero-order chi connectivity index (χ0) is 11.4. The van der Waals surface area contributed by atoms with E-state index in [4.69, 9.17) is 9.84 Å². The molecule has 1 N–H and O–H groups in total. The molecule has 1 atom stereocenters. The summed E-state index contributed by atoms with van der Waals surface area (Å²) in [5.41, 5.74) is 0. The number of carbonyl (C=O) groups excluding carboxylic acids is 1. The summed E-state index contributed by atoms with van der Waals surface area (Å²) in [5, 5.41) is 8.88. The van der Waals surface area contributed by atoms with E-state index in [2.05, 4.69) is 0 Å². The third-order valence-electron chi connectivity index (χ3n) is 2.40. The lowest BCUT2D eigenvalue weighted by molar-refractivity contribution is -0.150. The second kappa shape index (κ2) is 5.11. The van der Waals surface area contributed by atoms with Gasteiger partial charge in [0.05, 0.1) is 6.10 Å². The van der Waals surface area contributed by atoms with E-state index < -0.39 is 12.0 Å². The van der Waals surface area contributed by atoms with Crippen LogP contribution in [0.15, 0.2) is 0 Å². The number of amides is 1. The van der Waals surface area contributed by atoms with Gasteiger partial charge in [-0.05, 0) is 26.7 Å². The van der Waals surface area contributed by atoms with Crippen molar-refractivity contribution in [2.75, 3.05) is 13.2 Å². The van der Waals surface area contributed by atoms with Gasteiger partial charge in [0.1, 0.15) is 12.6 Å². The minimum Gasteiger partial charge on any atom is -0.480 e. The predicted octanol–water partition coefficient (Wildman–Crippen LogP) is 0.487. The highest BCUT2D eigenvalue weighted by atomic mass is 16.5. The van der Waals surface area contributed by atoms with Crippen molar-refractivity contribution in [1.82, 2.24) is 4.90 Å². The topological polar surface area (TPSA) is 66.8 Å². The van der Waals surface area contributed by atoms with Crippen molar-refractivity contribution in [1.29, 1.82) is 0 Å². The quantitative estimate of drug-likeness (QED) is 0.741. The van der Waals surface area contributed by atoms with E-state index in [0.717, 1.165) is 6.42 Å². The molecule has 0 bridgehead atoms. The fourth-order valence-electron chi connectivity index (χ4n) is 1.64. The van der Waals surface area contributed by atoms with Crippen LogP contribution in [-0.2, 0) is 14.3 Å². The minimum absolute atomic E-state index is 0.0140. The van der Waals surface area contributed by atoms with E-state index >= 15 is 0 Å². The SMILES string of the molecule is CC(C)OCC(=O)N1CCC[C@H]1C(=O)O. The number of hydrogen-bond donors (Lipinski definition) is 1. The molecule has 1 aliphatic heterocycles. The van der Waals surface area contributed by atoms with E-state index in [1.807, 2.05) is 13.8 Å². The first-order valence-electron chi connectivity index (χ1n) is 5.16. The number of likely N-dealkylation sites (tertiary alicyclic amines) is 1. The van der Waals surface area contributed by atoms with Gasteiger partial charge in [-0.25, -0.2) is 4.79 Å². The first-order chi connectivity index (χ1) is 7.02. The lowest BCUT2D eigenvalue weighted by Crippen LogP contribution is -2.42. The molecule has 15 heavy (non-hydrogen) atoms. The maximum Gasteiger partial charge on any atom is 0.326 e. The molecule has 1 heterocycles. The first kappa shape index (κ1) is 12.0. The fourth-order valence-corrected chi connectivity index (χ4v) is 1.64. The molecule has 0 aliphatic carbocycles. The lowest BCUT2D eigenvalue weighted by Gasteiger charge is -2.21. The molecule has 86 valence electrons. The summed E-state index contributed by atoms with van der Waals surface area (Å²) in [7, 11) is 0. The molecule has 0 spiro atoms. The van der Waals surface area contributed by atoms with Gasteiger partial charge in [-0.1, -0.05) is 0 Å². The Hall–Kier alpha value is -1.10. The summed E-state index contributed by atoms with van der Waals surface area (Å²) in [6.45, 7) is 4.18. The Labute approximate surface area is 89.0 Å². The number of ether oxygens (including phenoxy) is 1. The van der Waals surface area contributed by atoms with Crippen LogP contribution in [0.2, 0.25) is 0 Å². The third-order valence-corrected chi connectivity index (χ3v) is 2.40. The maximum absolute atomic E-state index is 11.6. The number of carboxylic acid groups (broad SMARTS) is 1. The summed E-state index contributed by atoms with van der Waals surface area (Å²) in [6.07, 6.45) is 1.28.